The zero-order valence-electron chi connectivity index (χ0n) is 16.5. The minimum absolute atomic E-state index is 0.0348. The van der Waals surface area contributed by atoms with Crippen molar-refractivity contribution in [1.29, 1.82) is 0 Å². The second-order valence-electron chi connectivity index (χ2n) is 6.64. The number of hydrogen-bond acceptors (Lipinski definition) is 5. The first-order valence-corrected chi connectivity index (χ1v) is 9.36. The summed E-state index contributed by atoms with van der Waals surface area (Å²) in [5, 5.41) is 0. The van der Waals surface area contributed by atoms with Crippen LogP contribution in [-0.4, -0.2) is 19.0 Å². The van der Waals surface area contributed by atoms with Gasteiger partial charge in [0.1, 0.15) is 18.2 Å². The van der Waals surface area contributed by atoms with E-state index < -0.39 is 11.8 Å². The number of esters is 1. The summed E-state index contributed by atoms with van der Waals surface area (Å²) in [7, 11) is 1.48. The Balaban J connectivity index is 1.55. The first kappa shape index (κ1) is 20.3. The van der Waals surface area contributed by atoms with Gasteiger partial charge in [0.05, 0.1) is 7.11 Å². The molecule has 156 valence electrons. The number of ether oxygens (including phenoxy) is 3. The van der Waals surface area contributed by atoms with Gasteiger partial charge in [0.25, 0.3) is 0 Å². The molecule has 0 amide bonds. The second kappa shape index (κ2) is 8.79. The molecule has 0 aromatic heterocycles. The van der Waals surface area contributed by atoms with Crippen molar-refractivity contribution in [2.24, 2.45) is 4.99 Å². The number of cyclic esters (lactones) is 1. The standard InChI is InChI=1S/C24H17F2NO4/c1-29-22-12-15(9-10-21(22)30-14-17-5-2-3-8-19(17)26)11-20-24(28)31-23(27-20)16-6-4-7-18(25)13-16/h2-13H,14H2,1H3. The number of methoxy groups -OCH3 is 1. The van der Waals surface area contributed by atoms with Crippen LogP contribution in [0.15, 0.2) is 77.4 Å². The summed E-state index contributed by atoms with van der Waals surface area (Å²) in [4.78, 5) is 16.3. The van der Waals surface area contributed by atoms with Crippen LogP contribution in [0, 0.1) is 11.6 Å². The Hall–Kier alpha value is -4.00. The third-order valence-corrected chi connectivity index (χ3v) is 4.52. The normalized spacial score (nSPS) is 14.4. The van der Waals surface area contributed by atoms with Crippen molar-refractivity contribution < 1.29 is 27.8 Å². The molecule has 0 atom stereocenters. The highest BCUT2D eigenvalue weighted by Gasteiger charge is 2.24. The molecule has 5 nitrogen and oxygen atoms in total. The van der Waals surface area contributed by atoms with Crippen LogP contribution in [0.5, 0.6) is 11.5 Å². The molecule has 3 aromatic rings. The van der Waals surface area contributed by atoms with E-state index in [0.29, 0.717) is 28.2 Å². The monoisotopic (exact) mass is 421 g/mol. The highest BCUT2D eigenvalue weighted by molar-refractivity contribution is 6.12. The Bertz CT molecular complexity index is 1200. The Kier molecular flexibility index (Phi) is 5.75. The molecule has 0 aliphatic carbocycles. The van der Waals surface area contributed by atoms with Crippen molar-refractivity contribution in [1.82, 2.24) is 0 Å². The van der Waals surface area contributed by atoms with Crippen LogP contribution in [0.4, 0.5) is 8.78 Å². The van der Waals surface area contributed by atoms with Crippen molar-refractivity contribution >= 4 is 17.9 Å². The number of rotatable bonds is 6. The summed E-state index contributed by atoms with van der Waals surface area (Å²) >= 11 is 0. The lowest BCUT2D eigenvalue weighted by Crippen LogP contribution is -2.05. The van der Waals surface area contributed by atoms with E-state index in [1.807, 2.05) is 0 Å². The van der Waals surface area contributed by atoms with Crippen LogP contribution in [0.1, 0.15) is 16.7 Å². The van der Waals surface area contributed by atoms with Gasteiger partial charge in [-0.1, -0.05) is 30.3 Å². The second-order valence-corrected chi connectivity index (χ2v) is 6.64. The van der Waals surface area contributed by atoms with E-state index in [1.165, 1.54) is 37.5 Å². The molecule has 0 saturated heterocycles. The van der Waals surface area contributed by atoms with Gasteiger partial charge in [-0.25, -0.2) is 18.6 Å². The Morgan fingerprint density at radius 1 is 1.00 bits per heavy atom. The summed E-state index contributed by atoms with van der Waals surface area (Å²) in [6, 6.07) is 17.0. The summed E-state index contributed by atoms with van der Waals surface area (Å²) in [6.07, 6.45) is 1.53. The van der Waals surface area contributed by atoms with E-state index in [9.17, 15) is 13.6 Å². The molecular weight excluding hydrogens is 404 g/mol. The van der Waals surface area contributed by atoms with Crippen molar-refractivity contribution in [2.45, 2.75) is 6.61 Å². The highest BCUT2D eigenvalue weighted by Crippen LogP contribution is 2.30. The molecule has 0 bridgehead atoms. The van der Waals surface area contributed by atoms with Gasteiger partial charge >= 0.3 is 5.97 Å². The number of halogens is 2. The number of carbonyl (C=O) groups excluding carboxylic acids is 1. The van der Waals surface area contributed by atoms with Gasteiger partial charge in [-0.3, -0.25) is 0 Å². The maximum absolute atomic E-state index is 13.8. The molecule has 0 unspecified atom stereocenters. The minimum Gasteiger partial charge on any atom is -0.493 e. The van der Waals surface area contributed by atoms with E-state index in [2.05, 4.69) is 4.99 Å². The van der Waals surface area contributed by atoms with Gasteiger partial charge in [-0.2, -0.15) is 0 Å². The maximum Gasteiger partial charge on any atom is 0.363 e. The van der Waals surface area contributed by atoms with Crippen LogP contribution in [0.2, 0.25) is 0 Å². The summed E-state index contributed by atoms with van der Waals surface area (Å²) < 4.78 is 43.4. The average molecular weight is 421 g/mol. The van der Waals surface area contributed by atoms with E-state index in [4.69, 9.17) is 14.2 Å². The number of hydrogen-bond donors (Lipinski definition) is 0. The summed E-state index contributed by atoms with van der Waals surface area (Å²) in [6.45, 7) is 0.0388. The fraction of sp³-hybridized carbons (Fsp3) is 0.0833. The van der Waals surface area contributed by atoms with E-state index in [-0.39, 0.29) is 24.0 Å². The molecule has 1 aliphatic rings. The number of benzene rings is 3. The van der Waals surface area contributed by atoms with Gasteiger partial charge in [-0.05, 0) is 48.0 Å². The fourth-order valence-electron chi connectivity index (χ4n) is 2.98. The average Bonchev–Trinajstić information content (AvgIpc) is 3.14. The van der Waals surface area contributed by atoms with Crippen LogP contribution in [0.25, 0.3) is 6.08 Å². The Morgan fingerprint density at radius 3 is 2.61 bits per heavy atom. The van der Waals surface area contributed by atoms with E-state index >= 15 is 0 Å². The number of nitrogens with zero attached hydrogens (tertiary/aromatic N) is 1. The maximum atomic E-state index is 13.8. The first-order chi connectivity index (χ1) is 15.0. The van der Waals surface area contributed by atoms with Crippen LogP contribution < -0.4 is 9.47 Å². The van der Waals surface area contributed by atoms with Gasteiger partial charge in [0.2, 0.25) is 5.90 Å². The predicted octanol–water partition coefficient (Wildman–Crippen LogP) is 4.90. The van der Waals surface area contributed by atoms with Gasteiger partial charge in [0, 0.05) is 11.1 Å². The lowest BCUT2D eigenvalue weighted by atomic mass is 10.1. The molecular formula is C24H17F2NO4. The van der Waals surface area contributed by atoms with E-state index in [0.717, 1.165) is 0 Å². The van der Waals surface area contributed by atoms with Crippen molar-refractivity contribution in [3.63, 3.8) is 0 Å². The zero-order chi connectivity index (χ0) is 21.8. The van der Waals surface area contributed by atoms with Crippen molar-refractivity contribution in [3.05, 3.63) is 101 Å². The van der Waals surface area contributed by atoms with Crippen molar-refractivity contribution in [3.8, 4) is 11.5 Å². The Morgan fingerprint density at radius 2 is 1.84 bits per heavy atom. The van der Waals surface area contributed by atoms with Gasteiger partial charge in [-0.15, -0.1) is 0 Å². The minimum atomic E-state index is -0.641. The lowest BCUT2D eigenvalue weighted by Gasteiger charge is -2.12. The molecule has 0 spiro atoms. The smallest absolute Gasteiger partial charge is 0.363 e. The molecule has 0 radical (unpaired) electrons. The molecule has 7 heteroatoms. The molecule has 31 heavy (non-hydrogen) atoms. The SMILES string of the molecule is COc1cc(C=C2N=C(c3cccc(F)c3)OC2=O)ccc1OCc1ccccc1F. The van der Waals surface area contributed by atoms with Crippen LogP contribution in [-0.2, 0) is 16.1 Å². The third kappa shape index (κ3) is 4.61. The molecule has 4 rings (SSSR count). The molecule has 0 fully saturated rings. The molecule has 0 saturated carbocycles. The Labute approximate surface area is 177 Å². The number of aliphatic imine (C=N–C) groups is 1. The largest absolute Gasteiger partial charge is 0.493 e. The fourth-order valence-corrected chi connectivity index (χ4v) is 2.98. The van der Waals surface area contributed by atoms with Crippen molar-refractivity contribution in [2.75, 3.05) is 7.11 Å². The van der Waals surface area contributed by atoms with Crippen LogP contribution in [0.3, 0.4) is 0 Å². The summed E-state index contributed by atoms with van der Waals surface area (Å²) in [5.74, 6) is -0.582. The molecule has 1 aliphatic heterocycles. The third-order valence-electron chi connectivity index (χ3n) is 4.52. The predicted molar refractivity (Wildman–Crippen MR) is 111 cm³/mol. The lowest BCUT2D eigenvalue weighted by molar-refractivity contribution is -0.129. The number of carbonyl (C=O) groups is 1. The van der Waals surface area contributed by atoms with Gasteiger partial charge < -0.3 is 14.2 Å². The molecule has 3 aromatic carbocycles. The topological polar surface area (TPSA) is 57.1 Å². The van der Waals surface area contributed by atoms with Crippen LogP contribution >= 0.6 is 0 Å². The van der Waals surface area contributed by atoms with Gasteiger partial charge in [0.15, 0.2) is 17.2 Å². The molecule has 0 N–H and O–H groups in total. The zero-order valence-corrected chi connectivity index (χ0v) is 16.5. The molecule has 1 heterocycles. The highest BCUT2D eigenvalue weighted by atomic mass is 19.1. The summed E-state index contributed by atoms with van der Waals surface area (Å²) in [5.41, 5.74) is 1.47. The van der Waals surface area contributed by atoms with E-state index in [1.54, 1.807) is 42.5 Å². The quantitative estimate of drug-likeness (QED) is 0.420. The first-order valence-electron chi connectivity index (χ1n) is 9.36.